The van der Waals surface area contributed by atoms with Crippen molar-refractivity contribution in [2.24, 2.45) is 12.0 Å². The Morgan fingerprint density at radius 2 is 2.00 bits per heavy atom. The fourth-order valence-electron chi connectivity index (χ4n) is 2.14. The molecule has 0 aliphatic heterocycles. The summed E-state index contributed by atoms with van der Waals surface area (Å²) in [6.45, 7) is 6.16. The first-order valence-electron chi connectivity index (χ1n) is 7.50. The largest absolute Gasteiger partial charge is 0.357 e. The highest BCUT2D eigenvalue weighted by atomic mass is 15.3. The first-order valence-corrected chi connectivity index (χ1v) is 7.50. The third-order valence-corrected chi connectivity index (χ3v) is 3.51. The monoisotopic (exact) mass is 300 g/mol. The number of aromatic nitrogens is 3. The van der Waals surface area contributed by atoms with E-state index in [1.54, 1.807) is 0 Å². The van der Waals surface area contributed by atoms with E-state index in [1.165, 1.54) is 5.56 Å². The molecular weight excluding hydrogens is 276 g/mol. The molecule has 1 aromatic carbocycles. The minimum Gasteiger partial charge on any atom is -0.357 e. The lowest BCUT2D eigenvalue weighted by Crippen LogP contribution is -2.38. The van der Waals surface area contributed by atoms with Crippen molar-refractivity contribution in [1.82, 2.24) is 25.0 Å². The Morgan fingerprint density at radius 1 is 1.27 bits per heavy atom. The first-order chi connectivity index (χ1) is 10.6. The molecule has 2 aromatic rings. The predicted molar refractivity (Wildman–Crippen MR) is 88.5 cm³/mol. The van der Waals surface area contributed by atoms with Crippen molar-refractivity contribution >= 4 is 5.96 Å². The number of guanidine groups is 1. The molecule has 0 aliphatic carbocycles. The van der Waals surface area contributed by atoms with E-state index in [9.17, 15) is 0 Å². The number of nitrogens with one attached hydrogen (secondary N) is 1. The van der Waals surface area contributed by atoms with Crippen LogP contribution in [0.15, 0.2) is 35.3 Å². The molecule has 22 heavy (non-hydrogen) atoms. The van der Waals surface area contributed by atoms with E-state index in [2.05, 4.69) is 56.6 Å². The van der Waals surface area contributed by atoms with Gasteiger partial charge in [0.25, 0.3) is 0 Å². The third-order valence-electron chi connectivity index (χ3n) is 3.51. The van der Waals surface area contributed by atoms with E-state index in [1.807, 2.05) is 31.7 Å². The van der Waals surface area contributed by atoms with Crippen LogP contribution < -0.4 is 5.32 Å². The Balaban J connectivity index is 2.07. The minimum absolute atomic E-state index is 0.513. The SMILES string of the molecule is CCNC(=NCc1nnc(C)n1C)N(C)Cc1ccccc1. The fraction of sp³-hybridized carbons (Fsp3) is 0.438. The van der Waals surface area contributed by atoms with Gasteiger partial charge in [0.2, 0.25) is 0 Å². The molecule has 1 N–H and O–H groups in total. The lowest BCUT2D eigenvalue weighted by atomic mass is 10.2. The van der Waals surface area contributed by atoms with E-state index in [4.69, 9.17) is 0 Å². The Labute approximate surface area is 131 Å². The molecule has 0 amide bonds. The van der Waals surface area contributed by atoms with E-state index in [0.717, 1.165) is 30.7 Å². The van der Waals surface area contributed by atoms with Gasteiger partial charge in [0, 0.05) is 27.2 Å². The molecule has 0 bridgehead atoms. The van der Waals surface area contributed by atoms with Crippen LogP contribution in [0.4, 0.5) is 0 Å². The number of nitrogens with zero attached hydrogens (tertiary/aromatic N) is 5. The average Bonchev–Trinajstić information content (AvgIpc) is 2.84. The molecule has 0 unspecified atom stereocenters. The summed E-state index contributed by atoms with van der Waals surface area (Å²) in [5.41, 5.74) is 1.25. The van der Waals surface area contributed by atoms with E-state index < -0.39 is 0 Å². The second-order valence-electron chi connectivity index (χ2n) is 5.23. The second-order valence-corrected chi connectivity index (χ2v) is 5.23. The summed E-state index contributed by atoms with van der Waals surface area (Å²) in [4.78, 5) is 6.78. The molecule has 118 valence electrons. The van der Waals surface area contributed by atoms with Gasteiger partial charge in [0.05, 0.1) is 0 Å². The zero-order valence-electron chi connectivity index (χ0n) is 13.7. The fourth-order valence-corrected chi connectivity index (χ4v) is 2.14. The van der Waals surface area contributed by atoms with Crippen LogP contribution in [0.25, 0.3) is 0 Å². The molecular formula is C16H24N6. The zero-order valence-corrected chi connectivity index (χ0v) is 13.7. The summed E-state index contributed by atoms with van der Waals surface area (Å²) < 4.78 is 1.96. The van der Waals surface area contributed by atoms with Gasteiger partial charge >= 0.3 is 0 Å². The van der Waals surface area contributed by atoms with Gasteiger partial charge < -0.3 is 14.8 Å². The van der Waals surface area contributed by atoms with Crippen molar-refractivity contribution < 1.29 is 0 Å². The Hall–Kier alpha value is -2.37. The molecule has 2 rings (SSSR count). The van der Waals surface area contributed by atoms with Crippen LogP contribution in [0.3, 0.4) is 0 Å². The van der Waals surface area contributed by atoms with Crippen molar-refractivity contribution in [2.45, 2.75) is 26.9 Å². The van der Waals surface area contributed by atoms with E-state index >= 15 is 0 Å². The van der Waals surface area contributed by atoms with Crippen LogP contribution in [0, 0.1) is 6.92 Å². The van der Waals surface area contributed by atoms with Gasteiger partial charge in [-0.05, 0) is 19.4 Å². The normalized spacial score (nSPS) is 11.5. The summed E-state index contributed by atoms with van der Waals surface area (Å²) in [7, 11) is 4.00. The molecule has 1 heterocycles. The lowest BCUT2D eigenvalue weighted by molar-refractivity contribution is 0.476. The van der Waals surface area contributed by atoms with Crippen LogP contribution in [-0.2, 0) is 20.1 Å². The predicted octanol–water partition coefficient (Wildman–Crippen LogP) is 1.72. The average molecular weight is 300 g/mol. The van der Waals surface area contributed by atoms with Crippen molar-refractivity contribution in [2.75, 3.05) is 13.6 Å². The van der Waals surface area contributed by atoms with Crippen LogP contribution in [0.5, 0.6) is 0 Å². The van der Waals surface area contributed by atoms with Crippen molar-refractivity contribution in [3.05, 3.63) is 47.5 Å². The highest BCUT2D eigenvalue weighted by molar-refractivity contribution is 5.79. The van der Waals surface area contributed by atoms with Crippen LogP contribution in [-0.4, -0.2) is 39.2 Å². The molecule has 0 fully saturated rings. The number of hydrogen-bond acceptors (Lipinski definition) is 3. The molecule has 6 heteroatoms. The van der Waals surface area contributed by atoms with Gasteiger partial charge in [-0.15, -0.1) is 10.2 Å². The van der Waals surface area contributed by atoms with Crippen molar-refractivity contribution in [3.8, 4) is 0 Å². The van der Waals surface area contributed by atoms with Gasteiger partial charge in [-0.25, -0.2) is 4.99 Å². The molecule has 6 nitrogen and oxygen atoms in total. The summed E-state index contributed by atoms with van der Waals surface area (Å²) in [6.07, 6.45) is 0. The smallest absolute Gasteiger partial charge is 0.194 e. The van der Waals surface area contributed by atoms with E-state index in [0.29, 0.717) is 6.54 Å². The molecule has 0 radical (unpaired) electrons. The minimum atomic E-state index is 0.513. The Morgan fingerprint density at radius 3 is 2.59 bits per heavy atom. The number of benzene rings is 1. The van der Waals surface area contributed by atoms with Crippen molar-refractivity contribution in [1.29, 1.82) is 0 Å². The van der Waals surface area contributed by atoms with Gasteiger partial charge in [-0.3, -0.25) is 0 Å². The summed E-state index contributed by atoms with van der Waals surface area (Å²) in [5.74, 6) is 2.63. The van der Waals surface area contributed by atoms with Crippen molar-refractivity contribution in [3.63, 3.8) is 0 Å². The number of aryl methyl sites for hydroxylation is 1. The molecule has 0 saturated heterocycles. The quantitative estimate of drug-likeness (QED) is 0.675. The maximum atomic E-state index is 4.66. The standard InChI is InChI=1S/C16H24N6/c1-5-17-16(18-11-15-20-19-13(2)22(15)4)21(3)12-14-9-7-6-8-10-14/h6-10H,5,11-12H2,1-4H3,(H,17,18). The maximum Gasteiger partial charge on any atom is 0.194 e. The molecule has 1 aromatic heterocycles. The highest BCUT2D eigenvalue weighted by Gasteiger charge is 2.08. The van der Waals surface area contributed by atoms with Crippen LogP contribution >= 0.6 is 0 Å². The summed E-state index contributed by atoms with van der Waals surface area (Å²) in [6, 6.07) is 10.4. The summed E-state index contributed by atoms with van der Waals surface area (Å²) >= 11 is 0. The summed E-state index contributed by atoms with van der Waals surface area (Å²) in [5, 5.41) is 11.5. The first kappa shape index (κ1) is 16.0. The Kier molecular flexibility index (Phi) is 5.52. The zero-order chi connectivity index (χ0) is 15.9. The Bertz CT molecular complexity index is 617. The van der Waals surface area contributed by atoms with Crippen LogP contribution in [0.1, 0.15) is 24.1 Å². The van der Waals surface area contributed by atoms with E-state index in [-0.39, 0.29) is 0 Å². The van der Waals surface area contributed by atoms with Gasteiger partial charge in [-0.2, -0.15) is 0 Å². The number of rotatable bonds is 5. The van der Waals surface area contributed by atoms with Gasteiger partial charge in [0.1, 0.15) is 12.4 Å². The highest BCUT2D eigenvalue weighted by Crippen LogP contribution is 2.04. The maximum absolute atomic E-state index is 4.66. The number of aliphatic imine (C=N–C) groups is 1. The van der Waals surface area contributed by atoms with Crippen LogP contribution in [0.2, 0.25) is 0 Å². The molecule has 0 spiro atoms. The molecule has 0 aliphatic rings. The number of hydrogen-bond donors (Lipinski definition) is 1. The topological polar surface area (TPSA) is 58.3 Å². The lowest BCUT2D eigenvalue weighted by Gasteiger charge is -2.22. The second kappa shape index (κ2) is 7.59. The van der Waals surface area contributed by atoms with Gasteiger partial charge in [0.15, 0.2) is 11.8 Å². The van der Waals surface area contributed by atoms with Gasteiger partial charge in [-0.1, -0.05) is 30.3 Å². The third kappa shape index (κ3) is 4.07. The molecule has 0 atom stereocenters. The molecule has 0 saturated carbocycles.